The lowest BCUT2D eigenvalue weighted by Gasteiger charge is -2.09. The smallest absolute Gasteiger partial charge is 0.186 e. The highest BCUT2D eigenvalue weighted by atomic mass is 16.1. The molecule has 1 atom stereocenters. The largest absolute Gasteiger partial charge is 0.292 e. The van der Waals surface area contributed by atoms with Gasteiger partial charge in [0.15, 0.2) is 17.5 Å². The minimum absolute atomic E-state index is 0.335. The lowest BCUT2D eigenvalue weighted by Crippen LogP contribution is -2.13. The summed E-state index contributed by atoms with van der Waals surface area (Å²) in [5.41, 5.74) is 2.82. The number of fused-ring (bicyclic) bond motifs is 1. The molecular weight excluding hydrogens is 328 g/mol. The Morgan fingerprint density at radius 3 is 2.69 bits per heavy atom. The first kappa shape index (κ1) is 15.6. The molecule has 2 aromatic carbocycles. The molecule has 0 saturated heterocycles. The van der Waals surface area contributed by atoms with Crippen molar-refractivity contribution in [1.29, 1.82) is 5.26 Å². The van der Waals surface area contributed by atoms with Gasteiger partial charge in [0.25, 0.3) is 0 Å². The number of nitriles is 1. The van der Waals surface area contributed by atoms with Crippen LogP contribution in [0.3, 0.4) is 0 Å². The van der Waals surface area contributed by atoms with Crippen molar-refractivity contribution in [1.82, 2.24) is 25.1 Å². The summed E-state index contributed by atoms with van der Waals surface area (Å²) in [6.45, 7) is 0. The van der Waals surface area contributed by atoms with Gasteiger partial charge in [-0.2, -0.15) is 10.4 Å². The summed E-state index contributed by atoms with van der Waals surface area (Å²) < 4.78 is 0. The van der Waals surface area contributed by atoms with Crippen molar-refractivity contribution in [2.75, 3.05) is 0 Å². The zero-order valence-electron chi connectivity index (χ0n) is 13.5. The maximum absolute atomic E-state index is 12.9. The van der Waals surface area contributed by atoms with Gasteiger partial charge in [0, 0.05) is 11.1 Å². The molecule has 0 saturated carbocycles. The number of H-pyrrole nitrogens is 1. The maximum atomic E-state index is 12.9. The van der Waals surface area contributed by atoms with Crippen LogP contribution >= 0.6 is 0 Å². The number of nitrogens with one attached hydrogen (secondary N) is 1. The van der Waals surface area contributed by atoms with Crippen LogP contribution in [0.25, 0.3) is 22.4 Å². The van der Waals surface area contributed by atoms with Crippen molar-refractivity contribution in [3.8, 4) is 17.5 Å². The number of aromatic amines is 1. The predicted molar refractivity (Wildman–Crippen MR) is 94.0 cm³/mol. The Morgan fingerprint density at radius 2 is 1.92 bits per heavy atom. The van der Waals surface area contributed by atoms with E-state index in [9.17, 15) is 10.1 Å². The second-order valence-corrected chi connectivity index (χ2v) is 5.62. The van der Waals surface area contributed by atoms with Crippen LogP contribution in [0.1, 0.15) is 22.0 Å². The zero-order valence-corrected chi connectivity index (χ0v) is 13.5. The Balaban J connectivity index is 1.71. The molecule has 124 valence electrons. The molecule has 0 amide bonds. The van der Waals surface area contributed by atoms with E-state index in [0.717, 1.165) is 5.56 Å². The average molecular weight is 340 g/mol. The summed E-state index contributed by atoms with van der Waals surface area (Å²) >= 11 is 0. The minimum atomic E-state index is -1.03. The highest BCUT2D eigenvalue weighted by molar-refractivity contribution is 6.03. The Labute approximate surface area is 148 Å². The Morgan fingerprint density at radius 1 is 1.08 bits per heavy atom. The third-order valence-electron chi connectivity index (χ3n) is 3.99. The molecule has 0 aliphatic carbocycles. The Bertz CT molecular complexity index is 1130. The van der Waals surface area contributed by atoms with Crippen molar-refractivity contribution in [2.45, 2.75) is 5.92 Å². The first-order chi connectivity index (χ1) is 12.8. The van der Waals surface area contributed by atoms with Crippen LogP contribution < -0.4 is 0 Å². The fraction of sp³-hybridized carbons (Fsp3) is 0.0526. The van der Waals surface area contributed by atoms with Crippen LogP contribution in [0.5, 0.6) is 0 Å². The summed E-state index contributed by atoms with van der Waals surface area (Å²) in [6, 6.07) is 16.3. The van der Waals surface area contributed by atoms with Crippen molar-refractivity contribution in [3.05, 3.63) is 72.3 Å². The quantitative estimate of drug-likeness (QED) is 0.572. The highest BCUT2D eigenvalue weighted by Gasteiger charge is 2.24. The predicted octanol–water partition coefficient (Wildman–Crippen LogP) is 2.90. The van der Waals surface area contributed by atoms with Crippen LogP contribution in [-0.2, 0) is 0 Å². The number of para-hydroxylation sites is 2. The number of hydrogen-bond donors (Lipinski definition) is 1. The van der Waals surface area contributed by atoms with Gasteiger partial charge in [-0.05, 0) is 18.2 Å². The van der Waals surface area contributed by atoms with E-state index in [-0.39, 0.29) is 5.78 Å². The average Bonchev–Trinajstić information content (AvgIpc) is 3.23. The molecule has 0 spiro atoms. The van der Waals surface area contributed by atoms with E-state index in [2.05, 4.69) is 25.1 Å². The van der Waals surface area contributed by atoms with Crippen molar-refractivity contribution in [3.63, 3.8) is 0 Å². The molecular formula is C19H12N6O. The van der Waals surface area contributed by atoms with Gasteiger partial charge in [0.1, 0.15) is 6.33 Å². The second-order valence-electron chi connectivity index (χ2n) is 5.62. The van der Waals surface area contributed by atoms with E-state index < -0.39 is 5.92 Å². The van der Waals surface area contributed by atoms with Gasteiger partial charge < -0.3 is 0 Å². The SMILES string of the molecule is N#C[C@@H](C(=O)c1cccc(-c2ncn[nH]2)c1)c1cnc2ccccc2n1. The molecule has 2 aromatic heterocycles. The molecule has 7 nitrogen and oxygen atoms in total. The molecule has 4 aromatic rings. The number of nitrogens with zero attached hydrogens (tertiary/aromatic N) is 5. The van der Waals surface area contributed by atoms with Gasteiger partial charge in [-0.15, -0.1) is 0 Å². The molecule has 0 unspecified atom stereocenters. The van der Waals surface area contributed by atoms with Gasteiger partial charge in [-0.1, -0.05) is 30.3 Å². The van der Waals surface area contributed by atoms with E-state index in [1.54, 1.807) is 24.3 Å². The normalized spacial score (nSPS) is 11.8. The number of aromatic nitrogens is 5. The number of carbonyl (C=O) groups excluding carboxylic acids is 1. The lowest BCUT2D eigenvalue weighted by molar-refractivity contribution is 0.0977. The fourth-order valence-electron chi connectivity index (χ4n) is 2.70. The number of rotatable bonds is 4. The third kappa shape index (κ3) is 2.80. The number of Topliss-reactive ketones (excluding diaryl/α,β-unsaturated/α-hetero) is 1. The Kier molecular flexibility index (Phi) is 3.92. The number of hydrogen-bond acceptors (Lipinski definition) is 6. The molecule has 7 heteroatoms. The monoisotopic (exact) mass is 340 g/mol. The lowest BCUT2D eigenvalue weighted by atomic mass is 9.95. The topological polar surface area (TPSA) is 108 Å². The van der Waals surface area contributed by atoms with Gasteiger partial charge in [-0.3, -0.25) is 14.9 Å². The molecule has 0 aliphatic heterocycles. The van der Waals surface area contributed by atoms with E-state index in [1.165, 1.54) is 12.5 Å². The molecule has 4 rings (SSSR count). The number of carbonyl (C=O) groups is 1. The van der Waals surface area contributed by atoms with Gasteiger partial charge in [0.05, 0.1) is 29.0 Å². The van der Waals surface area contributed by atoms with E-state index in [0.29, 0.717) is 28.1 Å². The molecule has 0 aliphatic rings. The van der Waals surface area contributed by atoms with Crippen LogP contribution in [0.2, 0.25) is 0 Å². The van der Waals surface area contributed by atoms with Crippen molar-refractivity contribution in [2.24, 2.45) is 0 Å². The molecule has 0 radical (unpaired) electrons. The highest BCUT2D eigenvalue weighted by Crippen LogP contribution is 2.23. The van der Waals surface area contributed by atoms with E-state index in [1.807, 2.05) is 30.3 Å². The van der Waals surface area contributed by atoms with E-state index in [4.69, 9.17) is 0 Å². The third-order valence-corrected chi connectivity index (χ3v) is 3.99. The zero-order chi connectivity index (χ0) is 17.9. The summed E-state index contributed by atoms with van der Waals surface area (Å²) in [5.74, 6) is -0.811. The summed E-state index contributed by atoms with van der Waals surface area (Å²) in [4.78, 5) is 25.7. The minimum Gasteiger partial charge on any atom is -0.292 e. The molecule has 2 heterocycles. The number of benzene rings is 2. The van der Waals surface area contributed by atoms with Crippen LogP contribution in [0.15, 0.2) is 61.1 Å². The van der Waals surface area contributed by atoms with Crippen LogP contribution in [0.4, 0.5) is 0 Å². The molecule has 0 bridgehead atoms. The van der Waals surface area contributed by atoms with Crippen molar-refractivity contribution < 1.29 is 4.79 Å². The summed E-state index contributed by atoms with van der Waals surface area (Å²) in [6.07, 6.45) is 2.88. The standard InChI is InChI=1S/C19H12N6O/c20-9-14(17-10-21-15-6-1-2-7-16(15)24-17)18(26)12-4-3-5-13(8-12)19-22-11-23-25-19/h1-8,10-11,14H,(H,22,23,25)/t14-/m1/s1. The van der Waals surface area contributed by atoms with Crippen molar-refractivity contribution >= 4 is 16.8 Å². The number of ketones is 1. The first-order valence-corrected chi connectivity index (χ1v) is 7.87. The molecule has 1 N–H and O–H groups in total. The second kappa shape index (κ2) is 6.53. The van der Waals surface area contributed by atoms with Gasteiger partial charge in [-0.25, -0.2) is 9.97 Å². The fourth-order valence-corrected chi connectivity index (χ4v) is 2.70. The first-order valence-electron chi connectivity index (χ1n) is 7.87. The Hall–Kier alpha value is -3.92. The van der Waals surface area contributed by atoms with E-state index >= 15 is 0 Å². The summed E-state index contributed by atoms with van der Waals surface area (Å²) in [7, 11) is 0. The van der Waals surface area contributed by atoms with Gasteiger partial charge >= 0.3 is 0 Å². The maximum Gasteiger partial charge on any atom is 0.186 e. The molecule has 26 heavy (non-hydrogen) atoms. The van der Waals surface area contributed by atoms with Crippen LogP contribution in [-0.4, -0.2) is 30.9 Å². The molecule has 0 fully saturated rings. The summed E-state index contributed by atoms with van der Waals surface area (Å²) in [5, 5.41) is 16.1. The van der Waals surface area contributed by atoms with Crippen LogP contribution in [0, 0.1) is 11.3 Å². The van der Waals surface area contributed by atoms with Gasteiger partial charge in [0.2, 0.25) is 0 Å².